The smallest absolute Gasteiger partial charge is 0.260 e. The summed E-state index contributed by atoms with van der Waals surface area (Å²) in [5.41, 5.74) is 4.82. The number of likely N-dealkylation sites (N-methyl/N-ethyl adjacent to an activating group) is 1. The number of ether oxygens (including phenoxy) is 2. The molecule has 0 radical (unpaired) electrons. The first kappa shape index (κ1) is 19.2. The molecule has 0 N–H and O–H groups in total. The monoisotopic (exact) mass is 387 g/mol. The molecule has 148 valence electrons. The molecular formula is C25H25NO3. The van der Waals surface area contributed by atoms with E-state index in [0.717, 1.165) is 17.5 Å². The van der Waals surface area contributed by atoms with Gasteiger partial charge in [-0.2, -0.15) is 0 Å². The molecule has 1 aliphatic heterocycles. The van der Waals surface area contributed by atoms with Gasteiger partial charge >= 0.3 is 0 Å². The predicted octanol–water partition coefficient (Wildman–Crippen LogP) is 4.33. The van der Waals surface area contributed by atoms with Crippen molar-refractivity contribution in [3.8, 4) is 16.9 Å². The molecule has 1 amide bonds. The number of hydrogen-bond donors (Lipinski definition) is 0. The van der Waals surface area contributed by atoms with Crippen molar-refractivity contribution in [3.05, 3.63) is 90.0 Å². The minimum absolute atomic E-state index is 0.0176. The molecule has 1 unspecified atom stereocenters. The second-order valence-electron chi connectivity index (χ2n) is 7.36. The van der Waals surface area contributed by atoms with Crippen LogP contribution in [-0.2, 0) is 22.6 Å². The van der Waals surface area contributed by atoms with Crippen LogP contribution in [0.15, 0.2) is 78.9 Å². The molecule has 0 spiro atoms. The number of benzene rings is 3. The lowest BCUT2D eigenvalue weighted by Crippen LogP contribution is -2.40. The highest BCUT2D eigenvalue weighted by Gasteiger charge is 2.22. The van der Waals surface area contributed by atoms with E-state index in [1.807, 2.05) is 54.6 Å². The van der Waals surface area contributed by atoms with Gasteiger partial charge in [-0.15, -0.1) is 0 Å². The van der Waals surface area contributed by atoms with E-state index in [2.05, 4.69) is 24.3 Å². The second kappa shape index (κ2) is 8.93. The lowest BCUT2D eigenvalue weighted by atomic mass is 9.99. The van der Waals surface area contributed by atoms with E-state index in [4.69, 9.17) is 9.47 Å². The molecule has 3 aromatic rings. The Morgan fingerprint density at radius 2 is 1.59 bits per heavy atom. The standard InChI is InChI=1S/C25H25NO3/c1-26(16-24-15-21-9-5-6-10-22(21)17-28-24)25(27)18-29-23-13-11-20(12-14-23)19-7-3-2-4-8-19/h2-14,24H,15-18H2,1H3. The number of nitrogens with zero attached hydrogens (tertiary/aromatic N) is 1. The summed E-state index contributed by atoms with van der Waals surface area (Å²) in [6.45, 7) is 1.18. The van der Waals surface area contributed by atoms with Crippen LogP contribution in [0.4, 0.5) is 0 Å². The molecule has 0 aliphatic carbocycles. The number of rotatable bonds is 6. The average molecular weight is 387 g/mol. The van der Waals surface area contributed by atoms with Gasteiger partial charge in [0.25, 0.3) is 5.91 Å². The summed E-state index contributed by atoms with van der Waals surface area (Å²) < 4.78 is 11.6. The van der Waals surface area contributed by atoms with Crippen LogP contribution < -0.4 is 4.74 Å². The number of carbonyl (C=O) groups excluding carboxylic acids is 1. The number of hydrogen-bond acceptors (Lipinski definition) is 3. The molecule has 4 rings (SSSR count). The molecule has 4 nitrogen and oxygen atoms in total. The Morgan fingerprint density at radius 3 is 2.34 bits per heavy atom. The average Bonchev–Trinajstić information content (AvgIpc) is 2.78. The molecule has 0 aromatic heterocycles. The first-order chi connectivity index (χ1) is 14.2. The van der Waals surface area contributed by atoms with Crippen LogP contribution in [0.3, 0.4) is 0 Å². The van der Waals surface area contributed by atoms with E-state index in [0.29, 0.717) is 18.9 Å². The molecule has 1 aliphatic rings. The zero-order valence-corrected chi connectivity index (χ0v) is 16.6. The summed E-state index contributed by atoms with van der Waals surface area (Å²) in [7, 11) is 1.80. The van der Waals surface area contributed by atoms with Crippen LogP contribution >= 0.6 is 0 Å². The van der Waals surface area contributed by atoms with E-state index >= 15 is 0 Å². The third-order valence-electron chi connectivity index (χ3n) is 5.27. The summed E-state index contributed by atoms with van der Waals surface area (Å²) in [6.07, 6.45) is 0.847. The number of carbonyl (C=O) groups is 1. The highest BCUT2D eigenvalue weighted by Crippen LogP contribution is 2.23. The second-order valence-corrected chi connectivity index (χ2v) is 7.36. The molecule has 1 heterocycles. The van der Waals surface area contributed by atoms with Gasteiger partial charge in [0.2, 0.25) is 0 Å². The van der Waals surface area contributed by atoms with Gasteiger partial charge in [0.15, 0.2) is 6.61 Å². The fourth-order valence-corrected chi connectivity index (χ4v) is 3.56. The molecular weight excluding hydrogens is 362 g/mol. The van der Waals surface area contributed by atoms with Crippen molar-refractivity contribution in [2.75, 3.05) is 20.2 Å². The van der Waals surface area contributed by atoms with Crippen molar-refractivity contribution in [1.29, 1.82) is 0 Å². The molecule has 29 heavy (non-hydrogen) atoms. The zero-order valence-electron chi connectivity index (χ0n) is 16.6. The first-order valence-corrected chi connectivity index (χ1v) is 9.89. The molecule has 0 bridgehead atoms. The van der Waals surface area contributed by atoms with E-state index in [1.165, 1.54) is 11.1 Å². The van der Waals surface area contributed by atoms with Crippen LogP contribution in [0.25, 0.3) is 11.1 Å². The van der Waals surface area contributed by atoms with E-state index in [-0.39, 0.29) is 18.6 Å². The maximum atomic E-state index is 12.5. The van der Waals surface area contributed by atoms with Gasteiger partial charge in [-0.1, -0.05) is 66.7 Å². The van der Waals surface area contributed by atoms with Crippen LogP contribution in [0.5, 0.6) is 5.75 Å². The third kappa shape index (κ3) is 4.84. The van der Waals surface area contributed by atoms with E-state index in [1.54, 1.807) is 11.9 Å². The maximum absolute atomic E-state index is 12.5. The lowest BCUT2D eigenvalue weighted by molar-refractivity contribution is -0.134. The Kier molecular flexibility index (Phi) is 5.92. The van der Waals surface area contributed by atoms with Gasteiger partial charge in [-0.25, -0.2) is 0 Å². The van der Waals surface area contributed by atoms with Crippen LogP contribution in [0.2, 0.25) is 0 Å². The van der Waals surface area contributed by atoms with Gasteiger partial charge in [-0.05, 0) is 34.4 Å². The minimum atomic E-state index is -0.0559. The normalized spacial score (nSPS) is 15.4. The number of amides is 1. The van der Waals surface area contributed by atoms with Crippen molar-refractivity contribution in [3.63, 3.8) is 0 Å². The SMILES string of the molecule is CN(CC1Cc2ccccc2CO1)C(=O)COc1ccc(-c2ccccc2)cc1. The van der Waals surface area contributed by atoms with Crippen molar-refractivity contribution in [2.45, 2.75) is 19.1 Å². The summed E-state index contributed by atoms with van der Waals surface area (Å²) in [4.78, 5) is 14.2. The minimum Gasteiger partial charge on any atom is -0.484 e. The Morgan fingerprint density at radius 1 is 0.931 bits per heavy atom. The van der Waals surface area contributed by atoms with Crippen LogP contribution in [0, 0.1) is 0 Å². The van der Waals surface area contributed by atoms with Crippen molar-refractivity contribution >= 4 is 5.91 Å². The van der Waals surface area contributed by atoms with E-state index < -0.39 is 0 Å². The van der Waals surface area contributed by atoms with Gasteiger partial charge in [-0.3, -0.25) is 4.79 Å². The van der Waals surface area contributed by atoms with Crippen molar-refractivity contribution < 1.29 is 14.3 Å². The van der Waals surface area contributed by atoms with Crippen molar-refractivity contribution in [2.24, 2.45) is 0 Å². The summed E-state index contributed by atoms with van der Waals surface area (Å²) in [6, 6.07) is 26.3. The summed E-state index contributed by atoms with van der Waals surface area (Å²) in [5, 5.41) is 0. The largest absolute Gasteiger partial charge is 0.484 e. The van der Waals surface area contributed by atoms with Crippen LogP contribution in [0.1, 0.15) is 11.1 Å². The topological polar surface area (TPSA) is 38.8 Å². The Hall–Kier alpha value is -3.11. The summed E-state index contributed by atoms with van der Waals surface area (Å²) in [5.74, 6) is 0.633. The van der Waals surface area contributed by atoms with Crippen molar-refractivity contribution in [1.82, 2.24) is 4.90 Å². The summed E-state index contributed by atoms with van der Waals surface area (Å²) >= 11 is 0. The number of fused-ring (bicyclic) bond motifs is 1. The fraction of sp³-hybridized carbons (Fsp3) is 0.240. The molecule has 0 saturated heterocycles. The molecule has 1 atom stereocenters. The Balaban J connectivity index is 1.27. The van der Waals surface area contributed by atoms with Gasteiger partial charge in [0.05, 0.1) is 12.7 Å². The van der Waals surface area contributed by atoms with Gasteiger partial charge in [0.1, 0.15) is 5.75 Å². The van der Waals surface area contributed by atoms with Gasteiger partial charge < -0.3 is 14.4 Å². The lowest BCUT2D eigenvalue weighted by Gasteiger charge is -2.29. The zero-order chi connectivity index (χ0) is 20.1. The van der Waals surface area contributed by atoms with Gasteiger partial charge in [0, 0.05) is 20.0 Å². The quantitative estimate of drug-likeness (QED) is 0.632. The molecule has 4 heteroatoms. The Bertz CT molecular complexity index is 953. The predicted molar refractivity (Wildman–Crippen MR) is 114 cm³/mol. The highest BCUT2D eigenvalue weighted by molar-refractivity contribution is 5.77. The fourth-order valence-electron chi connectivity index (χ4n) is 3.56. The Labute approximate surface area is 171 Å². The first-order valence-electron chi connectivity index (χ1n) is 9.89. The maximum Gasteiger partial charge on any atom is 0.260 e. The van der Waals surface area contributed by atoms with E-state index in [9.17, 15) is 4.79 Å². The third-order valence-corrected chi connectivity index (χ3v) is 5.27. The molecule has 0 saturated carbocycles. The molecule has 0 fully saturated rings. The highest BCUT2D eigenvalue weighted by atomic mass is 16.5. The molecule has 3 aromatic carbocycles. The van der Waals surface area contributed by atoms with Crippen LogP contribution in [-0.4, -0.2) is 37.1 Å².